The first-order valence-corrected chi connectivity index (χ1v) is 9.62. The van der Waals surface area contributed by atoms with Crippen molar-refractivity contribution in [1.82, 2.24) is 4.90 Å². The second kappa shape index (κ2) is 6.15. The molecule has 0 spiro atoms. The fourth-order valence-electron chi connectivity index (χ4n) is 3.46. The first-order chi connectivity index (χ1) is 13.1. The number of carbonyl (C=O) groups excluding carboxylic acids is 2. The number of amides is 2. The molecule has 4 nitrogen and oxygen atoms in total. The van der Waals surface area contributed by atoms with E-state index >= 15 is 0 Å². The Hall–Kier alpha value is -2.76. The van der Waals surface area contributed by atoms with Gasteiger partial charge in [-0.15, -0.1) is 0 Å². The van der Waals surface area contributed by atoms with Crippen molar-refractivity contribution in [3.8, 4) is 0 Å². The molecule has 2 heterocycles. The summed E-state index contributed by atoms with van der Waals surface area (Å²) in [5, 5.41) is 0.612. The van der Waals surface area contributed by atoms with E-state index in [9.17, 15) is 9.59 Å². The molecule has 0 bridgehead atoms. The molecular formula is C21H13ClN2O2S. The Kier molecular flexibility index (Phi) is 3.74. The Morgan fingerprint density at radius 3 is 2.11 bits per heavy atom. The molecule has 27 heavy (non-hydrogen) atoms. The lowest BCUT2D eigenvalue weighted by atomic mass is 10.1. The lowest BCUT2D eigenvalue weighted by Gasteiger charge is -2.34. The minimum atomic E-state index is -0.269. The van der Waals surface area contributed by atoms with Gasteiger partial charge in [-0.05, 0) is 42.5 Å². The number of anilines is 2. The van der Waals surface area contributed by atoms with Crippen molar-refractivity contribution in [3.63, 3.8) is 0 Å². The van der Waals surface area contributed by atoms with E-state index in [0.29, 0.717) is 16.1 Å². The third-order valence-corrected chi connectivity index (χ3v) is 6.11. The lowest BCUT2D eigenvalue weighted by molar-refractivity contribution is 0.0658. The van der Waals surface area contributed by atoms with Gasteiger partial charge in [0.1, 0.15) is 6.67 Å². The van der Waals surface area contributed by atoms with Crippen LogP contribution in [-0.2, 0) is 0 Å². The molecule has 0 N–H and O–H groups in total. The maximum absolute atomic E-state index is 12.8. The molecule has 0 aliphatic carbocycles. The summed E-state index contributed by atoms with van der Waals surface area (Å²) in [6, 6.07) is 20.6. The normalized spacial score (nSPS) is 14.9. The summed E-state index contributed by atoms with van der Waals surface area (Å²) in [4.78, 5) is 31.0. The summed E-state index contributed by atoms with van der Waals surface area (Å²) in [5.41, 5.74) is 2.75. The largest absolute Gasteiger partial charge is 0.320 e. The third-order valence-electron chi connectivity index (χ3n) is 4.75. The molecule has 0 saturated heterocycles. The number of hydrogen-bond donors (Lipinski definition) is 0. The molecule has 2 aliphatic heterocycles. The quantitative estimate of drug-likeness (QED) is 0.562. The number of halogens is 1. The molecule has 0 aromatic heterocycles. The number of rotatable bonds is 2. The molecule has 3 aromatic carbocycles. The summed E-state index contributed by atoms with van der Waals surface area (Å²) >= 11 is 7.89. The summed E-state index contributed by atoms with van der Waals surface area (Å²) < 4.78 is 0. The van der Waals surface area contributed by atoms with Gasteiger partial charge in [0.25, 0.3) is 11.8 Å². The molecule has 2 amide bonds. The molecule has 0 unspecified atom stereocenters. The van der Waals surface area contributed by atoms with Gasteiger partial charge in [-0.1, -0.05) is 47.6 Å². The second-order valence-corrected chi connectivity index (χ2v) is 7.86. The Balaban J connectivity index is 1.59. The number of hydrogen-bond acceptors (Lipinski definition) is 4. The van der Waals surface area contributed by atoms with Gasteiger partial charge in [0.05, 0.1) is 22.5 Å². The molecule has 0 atom stereocenters. The van der Waals surface area contributed by atoms with Crippen LogP contribution in [0.3, 0.4) is 0 Å². The van der Waals surface area contributed by atoms with Gasteiger partial charge in [-0.3, -0.25) is 14.5 Å². The highest BCUT2D eigenvalue weighted by Gasteiger charge is 2.37. The van der Waals surface area contributed by atoms with Gasteiger partial charge in [-0.25, -0.2) is 0 Å². The van der Waals surface area contributed by atoms with Crippen molar-refractivity contribution in [1.29, 1.82) is 0 Å². The van der Waals surface area contributed by atoms with Crippen molar-refractivity contribution in [2.45, 2.75) is 9.79 Å². The zero-order valence-electron chi connectivity index (χ0n) is 14.1. The molecule has 3 aromatic rings. The van der Waals surface area contributed by atoms with Gasteiger partial charge < -0.3 is 4.90 Å². The number of imide groups is 1. The zero-order valence-corrected chi connectivity index (χ0v) is 15.6. The number of benzene rings is 3. The average molecular weight is 393 g/mol. The SMILES string of the molecule is O=C1c2ccccc2C(=O)N1CN1c2ccccc2Sc2ccc(Cl)cc21. The summed E-state index contributed by atoms with van der Waals surface area (Å²) in [5.74, 6) is -0.537. The Morgan fingerprint density at radius 2 is 1.37 bits per heavy atom. The van der Waals surface area contributed by atoms with Crippen LogP contribution < -0.4 is 4.90 Å². The first kappa shape index (κ1) is 16.4. The third kappa shape index (κ3) is 2.54. The maximum Gasteiger partial charge on any atom is 0.263 e. The number of para-hydroxylation sites is 1. The van der Waals surface area contributed by atoms with Crippen LogP contribution in [0, 0.1) is 0 Å². The summed E-state index contributed by atoms with van der Waals surface area (Å²) in [6.07, 6.45) is 0. The molecule has 5 rings (SSSR count). The predicted octanol–water partition coefficient (Wildman–Crippen LogP) is 5.20. The summed E-state index contributed by atoms with van der Waals surface area (Å²) in [6.45, 7) is 0.136. The molecule has 0 radical (unpaired) electrons. The van der Waals surface area contributed by atoms with E-state index in [4.69, 9.17) is 11.6 Å². The molecular weight excluding hydrogens is 380 g/mol. The van der Waals surface area contributed by atoms with Crippen LogP contribution in [-0.4, -0.2) is 23.4 Å². The van der Waals surface area contributed by atoms with Crippen LogP contribution in [0.2, 0.25) is 5.02 Å². The maximum atomic E-state index is 12.8. The van der Waals surface area contributed by atoms with Gasteiger partial charge >= 0.3 is 0 Å². The highest BCUT2D eigenvalue weighted by molar-refractivity contribution is 7.99. The Morgan fingerprint density at radius 1 is 0.741 bits per heavy atom. The molecule has 6 heteroatoms. The molecule has 0 fully saturated rings. The Bertz CT molecular complexity index is 1080. The van der Waals surface area contributed by atoms with Crippen molar-refractivity contribution >= 4 is 46.6 Å². The standard InChI is InChI=1S/C21H13ClN2O2S/c22-13-9-10-19-17(11-13)23(16-7-3-4-8-18(16)27-19)12-24-20(25)14-5-1-2-6-15(14)21(24)26/h1-11H,12H2. The van der Waals surface area contributed by atoms with Crippen molar-refractivity contribution < 1.29 is 9.59 Å². The van der Waals surface area contributed by atoms with Crippen LogP contribution in [0.4, 0.5) is 11.4 Å². The highest BCUT2D eigenvalue weighted by atomic mass is 35.5. The van der Waals surface area contributed by atoms with Crippen molar-refractivity contribution in [3.05, 3.63) is 82.9 Å². The van der Waals surface area contributed by atoms with E-state index in [2.05, 4.69) is 0 Å². The lowest BCUT2D eigenvalue weighted by Crippen LogP contribution is -2.40. The average Bonchev–Trinajstić information content (AvgIpc) is 2.93. The predicted molar refractivity (Wildman–Crippen MR) is 106 cm³/mol. The van der Waals surface area contributed by atoms with Crippen molar-refractivity contribution in [2.24, 2.45) is 0 Å². The minimum Gasteiger partial charge on any atom is -0.320 e. The van der Waals surface area contributed by atoms with E-state index in [1.54, 1.807) is 36.0 Å². The highest BCUT2D eigenvalue weighted by Crippen LogP contribution is 2.49. The van der Waals surface area contributed by atoms with Crippen LogP contribution in [0.15, 0.2) is 76.5 Å². The van der Waals surface area contributed by atoms with Crippen LogP contribution in [0.5, 0.6) is 0 Å². The number of nitrogens with zero attached hydrogens (tertiary/aromatic N) is 2. The van der Waals surface area contributed by atoms with Crippen LogP contribution >= 0.6 is 23.4 Å². The van der Waals surface area contributed by atoms with Gasteiger partial charge in [0.2, 0.25) is 0 Å². The van der Waals surface area contributed by atoms with Gasteiger partial charge in [0, 0.05) is 14.8 Å². The number of carbonyl (C=O) groups is 2. The zero-order chi connectivity index (χ0) is 18.5. The molecule has 132 valence electrons. The van der Waals surface area contributed by atoms with Crippen LogP contribution in [0.25, 0.3) is 0 Å². The van der Waals surface area contributed by atoms with E-state index in [1.807, 2.05) is 47.4 Å². The molecule has 0 saturated carbocycles. The van der Waals surface area contributed by atoms with E-state index in [-0.39, 0.29) is 18.5 Å². The van der Waals surface area contributed by atoms with E-state index < -0.39 is 0 Å². The van der Waals surface area contributed by atoms with Crippen LogP contribution in [0.1, 0.15) is 20.7 Å². The second-order valence-electron chi connectivity index (χ2n) is 6.34. The fourth-order valence-corrected chi connectivity index (χ4v) is 4.71. The van der Waals surface area contributed by atoms with E-state index in [1.165, 1.54) is 4.90 Å². The molecule has 2 aliphatic rings. The van der Waals surface area contributed by atoms with Crippen molar-refractivity contribution in [2.75, 3.05) is 11.6 Å². The first-order valence-electron chi connectivity index (χ1n) is 8.43. The fraction of sp³-hybridized carbons (Fsp3) is 0.0476. The Labute approximate surface area is 165 Å². The van der Waals surface area contributed by atoms with Gasteiger partial charge in [0.15, 0.2) is 0 Å². The monoisotopic (exact) mass is 392 g/mol. The van der Waals surface area contributed by atoms with Gasteiger partial charge in [-0.2, -0.15) is 0 Å². The smallest absolute Gasteiger partial charge is 0.263 e. The minimum absolute atomic E-state index is 0.136. The summed E-state index contributed by atoms with van der Waals surface area (Å²) in [7, 11) is 0. The number of fused-ring (bicyclic) bond motifs is 3. The topological polar surface area (TPSA) is 40.6 Å². The van der Waals surface area contributed by atoms with E-state index in [0.717, 1.165) is 21.2 Å².